The molecule has 2 heterocycles. The Labute approximate surface area is 132 Å². The van der Waals surface area contributed by atoms with Crippen LogP contribution >= 0.6 is 11.6 Å². The average Bonchev–Trinajstić information content (AvgIpc) is 3.16. The number of hydrogen-bond donors (Lipinski definition) is 0. The predicted molar refractivity (Wildman–Crippen MR) is 81.1 cm³/mol. The summed E-state index contributed by atoms with van der Waals surface area (Å²) in [6.45, 7) is 1.09. The Bertz CT molecular complexity index is 693. The van der Waals surface area contributed by atoms with Gasteiger partial charge in [0.25, 0.3) is 0 Å². The molecule has 0 aliphatic carbocycles. The molecular formula is C15H14ClN3O3. The van der Waals surface area contributed by atoms with E-state index in [9.17, 15) is 4.79 Å². The van der Waals surface area contributed by atoms with Gasteiger partial charge >= 0.3 is 5.97 Å². The quantitative estimate of drug-likeness (QED) is 0.639. The van der Waals surface area contributed by atoms with Gasteiger partial charge in [0.15, 0.2) is 5.82 Å². The van der Waals surface area contributed by atoms with E-state index in [0.717, 1.165) is 12.0 Å². The average molecular weight is 320 g/mol. The van der Waals surface area contributed by atoms with Crippen molar-refractivity contribution in [2.24, 2.45) is 0 Å². The Kier molecular flexibility index (Phi) is 4.50. The monoisotopic (exact) mass is 319 g/mol. The Hall–Kier alpha value is -2.18. The molecule has 22 heavy (non-hydrogen) atoms. The highest BCUT2D eigenvalue weighted by Crippen LogP contribution is 2.18. The number of benzene rings is 1. The Morgan fingerprint density at radius 2 is 2.41 bits per heavy atom. The molecule has 1 aliphatic heterocycles. The number of carbonyl (C=O) groups is 1. The van der Waals surface area contributed by atoms with E-state index in [1.54, 1.807) is 12.1 Å². The largest absolute Gasteiger partial charge is 0.457 e. The van der Waals surface area contributed by atoms with Gasteiger partial charge in [-0.05, 0) is 12.1 Å². The molecule has 7 heteroatoms. The lowest BCUT2D eigenvalue weighted by Crippen LogP contribution is -2.16. The van der Waals surface area contributed by atoms with E-state index in [2.05, 4.69) is 10.1 Å². The fourth-order valence-electron chi connectivity index (χ4n) is 2.05. The third-order valence-corrected chi connectivity index (χ3v) is 3.36. The molecule has 1 unspecified atom stereocenters. The Balaban J connectivity index is 1.63. The van der Waals surface area contributed by atoms with Gasteiger partial charge in [-0.1, -0.05) is 23.7 Å². The molecule has 0 bridgehead atoms. The number of carbonyl (C=O) groups excluding carboxylic acids is 1. The number of esters is 1. The van der Waals surface area contributed by atoms with Gasteiger partial charge < -0.3 is 9.47 Å². The normalized spacial score (nSPS) is 18.0. The van der Waals surface area contributed by atoms with Gasteiger partial charge in [0.05, 0.1) is 13.2 Å². The van der Waals surface area contributed by atoms with Gasteiger partial charge in [-0.3, -0.25) is 0 Å². The summed E-state index contributed by atoms with van der Waals surface area (Å²) in [6, 6.07) is 7.25. The second kappa shape index (κ2) is 6.72. The van der Waals surface area contributed by atoms with E-state index in [-0.39, 0.29) is 6.10 Å². The molecule has 0 radical (unpaired) electrons. The van der Waals surface area contributed by atoms with E-state index < -0.39 is 5.97 Å². The van der Waals surface area contributed by atoms with Crippen molar-refractivity contribution < 1.29 is 14.3 Å². The van der Waals surface area contributed by atoms with Gasteiger partial charge in [-0.15, -0.1) is 5.10 Å². The molecular weight excluding hydrogens is 306 g/mol. The SMILES string of the molecule is O=C(C=Cn1cnc(-c2cccc(Cl)c2)n1)OC1CCOC1. The number of halogens is 1. The summed E-state index contributed by atoms with van der Waals surface area (Å²) in [6.07, 6.45) is 4.91. The number of aromatic nitrogens is 3. The highest BCUT2D eigenvalue weighted by atomic mass is 35.5. The third kappa shape index (κ3) is 3.72. The van der Waals surface area contributed by atoms with Crippen molar-refractivity contribution in [3.63, 3.8) is 0 Å². The molecule has 6 nitrogen and oxygen atoms in total. The molecule has 1 atom stereocenters. The van der Waals surface area contributed by atoms with Crippen LogP contribution in [0.25, 0.3) is 17.6 Å². The number of ether oxygens (including phenoxy) is 2. The molecule has 1 aromatic carbocycles. The first-order valence-corrected chi connectivity index (χ1v) is 7.22. The molecule has 0 N–H and O–H groups in total. The topological polar surface area (TPSA) is 66.2 Å². The minimum absolute atomic E-state index is 0.157. The van der Waals surface area contributed by atoms with Crippen molar-refractivity contribution in [1.82, 2.24) is 14.8 Å². The van der Waals surface area contributed by atoms with E-state index in [1.165, 1.54) is 23.3 Å². The summed E-state index contributed by atoms with van der Waals surface area (Å²) in [4.78, 5) is 15.8. The van der Waals surface area contributed by atoms with Crippen LogP contribution in [0.4, 0.5) is 0 Å². The summed E-state index contributed by atoms with van der Waals surface area (Å²) in [5.41, 5.74) is 0.810. The Morgan fingerprint density at radius 3 is 3.18 bits per heavy atom. The molecule has 0 spiro atoms. The van der Waals surface area contributed by atoms with Crippen LogP contribution in [-0.4, -0.2) is 40.1 Å². The van der Waals surface area contributed by atoms with Gasteiger partial charge in [0.2, 0.25) is 0 Å². The van der Waals surface area contributed by atoms with Crippen LogP contribution in [0.2, 0.25) is 5.02 Å². The zero-order valence-electron chi connectivity index (χ0n) is 11.7. The highest BCUT2D eigenvalue weighted by molar-refractivity contribution is 6.30. The summed E-state index contributed by atoms with van der Waals surface area (Å²) in [7, 11) is 0. The maximum absolute atomic E-state index is 11.7. The summed E-state index contributed by atoms with van der Waals surface area (Å²) < 4.78 is 11.8. The standard InChI is InChI=1S/C15H14ClN3O3/c16-12-3-1-2-11(8-12)15-17-10-19(18-15)6-4-14(20)22-13-5-7-21-9-13/h1-4,6,8,10,13H,5,7,9H2. The van der Waals surface area contributed by atoms with Crippen molar-refractivity contribution in [3.8, 4) is 11.4 Å². The summed E-state index contributed by atoms with van der Waals surface area (Å²) in [5.74, 6) is 0.111. The minimum atomic E-state index is -0.421. The molecule has 3 rings (SSSR count). The smallest absolute Gasteiger partial charge is 0.332 e. The molecule has 1 aromatic heterocycles. The van der Waals surface area contributed by atoms with Crippen LogP contribution < -0.4 is 0 Å². The number of nitrogens with zero attached hydrogens (tertiary/aromatic N) is 3. The molecule has 0 amide bonds. The van der Waals surface area contributed by atoms with Crippen LogP contribution in [-0.2, 0) is 14.3 Å². The van der Waals surface area contributed by atoms with Crippen molar-refractivity contribution in [3.05, 3.63) is 41.7 Å². The first-order valence-electron chi connectivity index (χ1n) is 6.84. The summed E-state index contributed by atoms with van der Waals surface area (Å²) in [5, 5.41) is 4.87. The molecule has 1 aliphatic rings. The second-order valence-electron chi connectivity index (χ2n) is 4.80. The fourth-order valence-corrected chi connectivity index (χ4v) is 2.24. The first-order chi connectivity index (χ1) is 10.7. The van der Waals surface area contributed by atoms with Gasteiger partial charge in [-0.2, -0.15) is 0 Å². The highest BCUT2D eigenvalue weighted by Gasteiger charge is 2.18. The molecule has 1 saturated heterocycles. The minimum Gasteiger partial charge on any atom is -0.457 e. The predicted octanol–water partition coefficient (Wildman–Crippen LogP) is 2.40. The molecule has 1 fully saturated rings. The molecule has 0 saturated carbocycles. The molecule has 114 valence electrons. The van der Waals surface area contributed by atoms with Crippen molar-refractivity contribution in [2.75, 3.05) is 13.2 Å². The van der Waals surface area contributed by atoms with Gasteiger partial charge in [0.1, 0.15) is 12.4 Å². The number of rotatable bonds is 4. The Morgan fingerprint density at radius 1 is 1.50 bits per heavy atom. The van der Waals surface area contributed by atoms with Crippen molar-refractivity contribution in [2.45, 2.75) is 12.5 Å². The third-order valence-electron chi connectivity index (χ3n) is 3.13. The van der Waals surface area contributed by atoms with E-state index >= 15 is 0 Å². The van der Waals surface area contributed by atoms with Crippen LogP contribution in [0, 0.1) is 0 Å². The lowest BCUT2D eigenvalue weighted by atomic mass is 10.2. The maximum Gasteiger partial charge on any atom is 0.332 e. The van der Waals surface area contributed by atoms with E-state index in [0.29, 0.717) is 24.1 Å². The molecule has 2 aromatic rings. The maximum atomic E-state index is 11.7. The zero-order valence-corrected chi connectivity index (χ0v) is 12.4. The van der Waals surface area contributed by atoms with E-state index in [1.807, 2.05) is 12.1 Å². The van der Waals surface area contributed by atoms with Crippen molar-refractivity contribution in [1.29, 1.82) is 0 Å². The van der Waals surface area contributed by atoms with Crippen LogP contribution in [0.15, 0.2) is 36.7 Å². The first kappa shape index (κ1) is 14.7. The van der Waals surface area contributed by atoms with Crippen LogP contribution in [0.3, 0.4) is 0 Å². The summed E-state index contributed by atoms with van der Waals surface area (Å²) >= 11 is 5.94. The van der Waals surface area contributed by atoms with E-state index in [4.69, 9.17) is 21.1 Å². The second-order valence-corrected chi connectivity index (χ2v) is 5.23. The van der Waals surface area contributed by atoms with Crippen LogP contribution in [0.1, 0.15) is 6.42 Å². The zero-order chi connectivity index (χ0) is 15.4. The van der Waals surface area contributed by atoms with Gasteiger partial charge in [0, 0.05) is 29.3 Å². The lowest BCUT2D eigenvalue weighted by Gasteiger charge is -2.06. The van der Waals surface area contributed by atoms with Crippen molar-refractivity contribution >= 4 is 23.8 Å². The lowest BCUT2D eigenvalue weighted by molar-refractivity contribution is -0.142. The number of hydrogen-bond acceptors (Lipinski definition) is 5. The van der Waals surface area contributed by atoms with Gasteiger partial charge in [-0.25, -0.2) is 14.5 Å². The van der Waals surface area contributed by atoms with Crippen LogP contribution in [0.5, 0.6) is 0 Å². The fraction of sp³-hybridized carbons (Fsp3) is 0.267.